The summed E-state index contributed by atoms with van der Waals surface area (Å²) in [6.45, 7) is 10.7. The fourth-order valence-corrected chi connectivity index (χ4v) is 2.41. The first-order valence-corrected chi connectivity index (χ1v) is 7.83. The standard InChI is InChI=1S/C17H27N3O.HI/c1-4-14-8-6-7-9-15(14)10-19-16(18-5-2)20-11-17(3)12-21-13-17;/h6-9H,4-5,10-13H2,1-3H3,(H2,18,19,20);1H. The van der Waals surface area contributed by atoms with Crippen molar-refractivity contribution in [3.8, 4) is 0 Å². The van der Waals surface area contributed by atoms with Crippen LogP contribution in [-0.2, 0) is 17.7 Å². The predicted molar refractivity (Wildman–Crippen MR) is 103 cm³/mol. The van der Waals surface area contributed by atoms with Crippen molar-refractivity contribution in [1.29, 1.82) is 0 Å². The van der Waals surface area contributed by atoms with Crippen LogP contribution >= 0.6 is 24.0 Å². The average molecular weight is 417 g/mol. The van der Waals surface area contributed by atoms with Gasteiger partial charge in [-0.25, -0.2) is 4.99 Å². The minimum Gasteiger partial charge on any atom is -0.380 e. The van der Waals surface area contributed by atoms with E-state index in [0.29, 0.717) is 6.54 Å². The highest BCUT2D eigenvalue weighted by Gasteiger charge is 2.33. The number of aliphatic imine (C=N–C) groups is 1. The van der Waals surface area contributed by atoms with Crippen molar-refractivity contribution in [3.05, 3.63) is 35.4 Å². The van der Waals surface area contributed by atoms with E-state index in [1.54, 1.807) is 0 Å². The second-order valence-electron chi connectivity index (χ2n) is 5.97. The molecule has 0 spiro atoms. The first-order valence-electron chi connectivity index (χ1n) is 7.83. The number of aryl methyl sites for hydroxylation is 1. The zero-order valence-corrected chi connectivity index (χ0v) is 16.1. The van der Waals surface area contributed by atoms with Crippen LogP contribution in [0.2, 0.25) is 0 Å². The molecule has 1 aliphatic heterocycles. The van der Waals surface area contributed by atoms with Crippen molar-refractivity contribution in [2.75, 3.05) is 26.3 Å². The van der Waals surface area contributed by atoms with E-state index in [4.69, 9.17) is 9.73 Å². The lowest BCUT2D eigenvalue weighted by Crippen LogP contribution is -2.51. The number of halogens is 1. The van der Waals surface area contributed by atoms with E-state index in [0.717, 1.165) is 38.7 Å². The number of rotatable bonds is 6. The maximum absolute atomic E-state index is 5.29. The third kappa shape index (κ3) is 5.43. The second-order valence-corrected chi connectivity index (χ2v) is 5.97. The molecule has 22 heavy (non-hydrogen) atoms. The molecule has 4 nitrogen and oxygen atoms in total. The minimum atomic E-state index is 0. The first-order chi connectivity index (χ1) is 10.2. The number of hydrogen-bond acceptors (Lipinski definition) is 2. The number of nitrogens with zero attached hydrogens (tertiary/aromatic N) is 1. The van der Waals surface area contributed by atoms with Crippen LogP contribution in [0.15, 0.2) is 29.3 Å². The summed E-state index contributed by atoms with van der Waals surface area (Å²) >= 11 is 0. The van der Waals surface area contributed by atoms with Crippen molar-refractivity contribution in [2.24, 2.45) is 10.4 Å². The molecule has 1 aromatic rings. The summed E-state index contributed by atoms with van der Waals surface area (Å²) in [5, 5.41) is 6.74. The molecule has 0 aromatic heterocycles. The molecule has 0 unspecified atom stereocenters. The van der Waals surface area contributed by atoms with Crippen molar-refractivity contribution in [1.82, 2.24) is 10.6 Å². The van der Waals surface area contributed by atoms with Gasteiger partial charge in [-0.3, -0.25) is 0 Å². The van der Waals surface area contributed by atoms with Gasteiger partial charge < -0.3 is 15.4 Å². The van der Waals surface area contributed by atoms with E-state index in [2.05, 4.69) is 55.7 Å². The van der Waals surface area contributed by atoms with Gasteiger partial charge in [-0.2, -0.15) is 0 Å². The molecule has 1 aliphatic rings. The maximum atomic E-state index is 5.29. The Hall–Kier alpha value is -0.820. The third-order valence-electron chi connectivity index (χ3n) is 3.83. The highest BCUT2D eigenvalue weighted by molar-refractivity contribution is 14.0. The van der Waals surface area contributed by atoms with E-state index < -0.39 is 0 Å². The Bertz CT molecular complexity index is 487. The Morgan fingerprint density at radius 3 is 2.41 bits per heavy atom. The molecular weight excluding hydrogens is 389 g/mol. The molecule has 0 bridgehead atoms. The quantitative estimate of drug-likeness (QED) is 0.425. The molecule has 1 saturated heterocycles. The first kappa shape index (κ1) is 19.2. The summed E-state index contributed by atoms with van der Waals surface area (Å²) in [6.07, 6.45) is 1.05. The molecule has 1 heterocycles. The van der Waals surface area contributed by atoms with Crippen molar-refractivity contribution in [2.45, 2.75) is 33.7 Å². The van der Waals surface area contributed by atoms with Gasteiger partial charge in [0.15, 0.2) is 5.96 Å². The summed E-state index contributed by atoms with van der Waals surface area (Å²) in [5.41, 5.74) is 2.92. The fraction of sp³-hybridized carbons (Fsp3) is 0.588. The van der Waals surface area contributed by atoms with Gasteiger partial charge in [0.25, 0.3) is 0 Å². The molecule has 0 amide bonds. The van der Waals surface area contributed by atoms with Gasteiger partial charge in [0.1, 0.15) is 0 Å². The van der Waals surface area contributed by atoms with Gasteiger partial charge in [0.2, 0.25) is 0 Å². The van der Waals surface area contributed by atoms with Gasteiger partial charge in [-0.1, -0.05) is 38.1 Å². The number of guanidine groups is 1. The highest BCUT2D eigenvalue weighted by atomic mass is 127. The van der Waals surface area contributed by atoms with E-state index in [1.165, 1.54) is 11.1 Å². The molecule has 1 aromatic carbocycles. The molecule has 0 atom stereocenters. The molecular formula is C17H28IN3O. The van der Waals surface area contributed by atoms with Crippen molar-refractivity contribution < 1.29 is 4.74 Å². The predicted octanol–water partition coefficient (Wildman–Crippen LogP) is 2.96. The van der Waals surface area contributed by atoms with Crippen LogP contribution in [0, 0.1) is 5.41 Å². The monoisotopic (exact) mass is 417 g/mol. The van der Waals surface area contributed by atoms with Gasteiger partial charge in [0, 0.05) is 18.5 Å². The summed E-state index contributed by atoms with van der Waals surface area (Å²) in [6, 6.07) is 8.51. The van der Waals surface area contributed by atoms with Crippen molar-refractivity contribution in [3.63, 3.8) is 0 Å². The van der Waals surface area contributed by atoms with Crippen LogP contribution in [-0.4, -0.2) is 32.3 Å². The van der Waals surface area contributed by atoms with Crippen molar-refractivity contribution >= 4 is 29.9 Å². The van der Waals surface area contributed by atoms with E-state index in [1.807, 2.05) is 0 Å². The molecule has 1 fully saturated rings. The number of hydrogen-bond donors (Lipinski definition) is 2. The van der Waals surface area contributed by atoms with E-state index >= 15 is 0 Å². The molecule has 2 rings (SSSR count). The normalized spacial score (nSPS) is 16.4. The number of benzene rings is 1. The molecule has 0 radical (unpaired) electrons. The average Bonchev–Trinajstić information content (AvgIpc) is 2.48. The molecule has 5 heteroatoms. The Balaban J connectivity index is 0.00000242. The molecule has 0 aliphatic carbocycles. The Kier molecular flexibility index (Phi) is 8.17. The van der Waals surface area contributed by atoms with Crippen LogP contribution in [0.3, 0.4) is 0 Å². The van der Waals surface area contributed by atoms with Crippen LogP contribution < -0.4 is 10.6 Å². The molecule has 124 valence electrons. The molecule has 0 saturated carbocycles. The van der Waals surface area contributed by atoms with E-state index in [-0.39, 0.29) is 29.4 Å². The Morgan fingerprint density at radius 1 is 1.18 bits per heavy atom. The van der Waals surface area contributed by atoms with E-state index in [9.17, 15) is 0 Å². The summed E-state index contributed by atoms with van der Waals surface area (Å²) in [4.78, 5) is 4.71. The van der Waals surface area contributed by atoms with Gasteiger partial charge in [-0.05, 0) is 24.5 Å². The lowest BCUT2D eigenvalue weighted by atomic mass is 9.89. The van der Waals surface area contributed by atoms with Gasteiger partial charge in [0.05, 0.1) is 19.8 Å². The van der Waals surface area contributed by atoms with Gasteiger partial charge >= 0.3 is 0 Å². The Morgan fingerprint density at radius 2 is 1.86 bits per heavy atom. The zero-order valence-electron chi connectivity index (χ0n) is 13.8. The zero-order chi connectivity index (χ0) is 15.1. The smallest absolute Gasteiger partial charge is 0.191 e. The van der Waals surface area contributed by atoms with Crippen LogP contribution in [0.4, 0.5) is 0 Å². The largest absolute Gasteiger partial charge is 0.380 e. The minimum absolute atomic E-state index is 0. The summed E-state index contributed by atoms with van der Waals surface area (Å²) < 4.78 is 5.29. The fourth-order valence-electron chi connectivity index (χ4n) is 2.41. The molecule has 2 N–H and O–H groups in total. The van der Waals surface area contributed by atoms with Crippen LogP contribution in [0.1, 0.15) is 31.9 Å². The highest BCUT2D eigenvalue weighted by Crippen LogP contribution is 2.24. The summed E-state index contributed by atoms with van der Waals surface area (Å²) in [5.74, 6) is 0.886. The number of nitrogens with one attached hydrogen (secondary N) is 2. The lowest BCUT2D eigenvalue weighted by Gasteiger charge is -2.38. The topological polar surface area (TPSA) is 45.7 Å². The number of ether oxygens (including phenoxy) is 1. The third-order valence-corrected chi connectivity index (χ3v) is 3.83. The SMILES string of the molecule is CCNC(=NCc1ccccc1CC)NCC1(C)COC1.I. The Labute approximate surface area is 151 Å². The van der Waals surface area contributed by atoms with Gasteiger partial charge in [-0.15, -0.1) is 24.0 Å². The lowest BCUT2D eigenvalue weighted by molar-refractivity contribution is -0.0971. The van der Waals surface area contributed by atoms with Crippen LogP contribution in [0.25, 0.3) is 0 Å². The maximum Gasteiger partial charge on any atom is 0.191 e. The van der Waals surface area contributed by atoms with Crippen LogP contribution in [0.5, 0.6) is 0 Å². The summed E-state index contributed by atoms with van der Waals surface area (Å²) in [7, 11) is 0. The second kappa shape index (κ2) is 9.35.